The minimum absolute atomic E-state index is 0.0387. The van der Waals surface area contributed by atoms with Gasteiger partial charge in [-0.25, -0.2) is 4.98 Å². The second-order valence-electron chi connectivity index (χ2n) is 8.50. The van der Waals surface area contributed by atoms with Gasteiger partial charge >= 0.3 is 0 Å². The molecule has 6 heteroatoms. The number of aromatic nitrogens is 2. The van der Waals surface area contributed by atoms with Crippen LogP contribution in [0.5, 0.6) is 11.5 Å². The Morgan fingerprint density at radius 3 is 2.18 bits per heavy atom. The van der Waals surface area contributed by atoms with Crippen molar-refractivity contribution in [2.24, 2.45) is 0 Å². The van der Waals surface area contributed by atoms with Crippen molar-refractivity contribution in [3.63, 3.8) is 0 Å². The molecule has 6 nitrogen and oxygen atoms in total. The van der Waals surface area contributed by atoms with Crippen molar-refractivity contribution in [1.82, 2.24) is 14.5 Å². The Morgan fingerprint density at radius 1 is 0.853 bits per heavy atom. The smallest absolute Gasteiger partial charge is 0.259 e. The lowest BCUT2D eigenvalue weighted by Crippen LogP contribution is -2.47. The van der Waals surface area contributed by atoms with E-state index in [9.17, 15) is 4.79 Å². The summed E-state index contributed by atoms with van der Waals surface area (Å²) in [4.78, 5) is 22.6. The molecule has 1 aliphatic heterocycles. The zero-order valence-electron chi connectivity index (χ0n) is 19.5. The van der Waals surface area contributed by atoms with Crippen LogP contribution in [-0.4, -0.2) is 21.1 Å². The number of aryl methyl sites for hydroxylation is 1. The molecular formula is C28H28N4O2. The Balaban J connectivity index is 1.49. The first-order chi connectivity index (χ1) is 16.6. The molecule has 172 valence electrons. The van der Waals surface area contributed by atoms with E-state index in [-0.39, 0.29) is 5.56 Å². The van der Waals surface area contributed by atoms with Gasteiger partial charge in [0.2, 0.25) is 5.95 Å². The highest BCUT2D eigenvalue weighted by molar-refractivity contribution is 5.59. The Kier molecular flexibility index (Phi) is 6.14. The number of para-hydroxylation sites is 1. The molecule has 0 saturated carbocycles. The molecule has 0 atom stereocenters. The van der Waals surface area contributed by atoms with Crippen molar-refractivity contribution >= 4 is 11.6 Å². The van der Waals surface area contributed by atoms with Crippen LogP contribution in [0.4, 0.5) is 11.6 Å². The van der Waals surface area contributed by atoms with Crippen LogP contribution in [0.15, 0.2) is 89.7 Å². The number of benzene rings is 3. The first-order valence-corrected chi connectivity index (χ1v) is 11.6. The summed E-state index contributed by atoms with van der Waals surface area (Å²) in [6.45, 7) is 5.81. The summed E-state index contributed by atoms with van der Waals surface area (Å²) >= 11 is 0. The maximum Gasteiger partial charge on any atom is 0.259 e. The fraction of sp³-hybridized carbons (Fsp3) is 0.214. The zero-order chi connectivity index (χ0) is 23.5. The summed E-state index contributed by atoms with van der Waals surface area (Å²) in [6, 6.07) is 28.0. The molecule has 0 spiro atoms. The highest BCUT2D eigenvalue weighted by Gasteiger charge is 2.27. The van der Waals surface area contributed by atoms with Gasteiger partial charge < -0.3 is 4.74 Å². The van der Waals surface area contributed by atoms with E-state index in [0.29, 0.717) is 25.7 Å². The van der Waals surface area contributed by atoms with Crippen molar-refractivity contribution < 1.29 is 4.74 Å². The van der Waals surface area contributed by atoms with Crippen LogP contribution >= 0.6 is 0 Å². The highest BCUT2D eigenvalue weighted by Crippen LogP contribution is 2.31. The summed E-state index contributed by atoms with van der Waals surface area (Å²) in [7, 11) is 0. The number of nitrogens with zero attached hydrogens (tertiary/aromatic N) is 4. The van der Waals surface area contributed by atoms with Crippen LogP contribution in [0.2, 0.25) is 0 Å². The number of anilines is 2. The number of hydrogen-bond donors (Lipinski definition) is 0. The average Bonchev–Trinajstić information content (AvgIpc) is 2.86. The second-order valence-corrected chi connectivity index (χ2v) is 8.50. The van der Waals surface area contributed by atoms with Gasteiger partial charge in [-0.05, 0) is 55.3 Å². The molecular weight excluding hydrogens is 424 g/mol. The Bertz CT molecular complexity index is 1320. The van der Waals surface area contributed by atoms with E-state index in [1.54, 1.807) is 4.57 Å². The van der Waals surface area contributed by atoms with Gasteiger partial charge in [0.25, 0.3) is 5.56 Å². The molecule has 0 fully saturated rings. The molecule has 5 rings (SSSR count). The molecule has 3 aromatic carbocycles. The molecule has 0 amide bonds. The van der Waals surface area contributed by atoms with E-state index in [1.807, 2.05) is 86.6 Å². The third kappa shape index (κ3) is 4.45. The first kappa shape index (κ1) is 21.9. The van der Waals surface area contributed by atoms with E-state index >= 15 is 0 Å². The quantitative estimate of drug-likeness (QED) is 0.388. The second kappa shape index (κ2) is 9.53. The van der Waals surface area contributed by atoms with E-state index in [2.05, 4.69) is 21.9 Å². The minimum Gasteiger partial charge on any atom is -0.457 e. The molecule has 1 aromatic heterocycles. The lowest BCUT2D eigenvalue weighted by atomic mass is 10.2. The predicted octanol–water partition coefficient (Wildman–Crippen LogP) is 5.48. The standard InChI is InChI=1S/C28H28N4O2/c1-3-26-21(2)29-28-31(23-14-16-25(17-15-23)34-24-12-8-5-9-13-24)19-30(20-32(28)27(26)33)18-22-10-6-4-7-11-22/h4-17H,3,18-20H2,1-2H3. The van der Waals surface area contributed by atoms with Gasteiger partial charge in [0.15, 0.2) is 0 Å². The summed E-state index contributed by atoms with van der Waals surface area (Å²) in [6.07, 6.45) is 0.669. The average molecular weight is 453 g/mol. The van der Waals surface area contributed by atoms with Gasteiger partial charge in [0, 0.05) is 23.5 Å². The predicted molar refractivity (Wildman–Crippen MR) is 135 cm³/mol. The van der Waals surface area contributed by atoms with E-state index in [4.69, 9.17) is 9.72 Å². The van der Waals surface area contributed by atoms with Gasteiger partial charge in [0.05, 0.1) is 13.3 Å². The molecule has 0 bridgehead atoms. The summed E-state index contributed by atoms with van der Waals surface area (Å²) in [5.74, 6) is 2.24. The van der Waals surface area contributed by atoms with Crippen LogP contribution in [0, 0.1) is 6.92 Å². The summed E-state index contributed by atoms with van der Waals surface area (Å²) in [5.41, 5.74) is 3.78. The molecule has 0 radical (unpaired) electrons. The van der Waals surface area contributed by atoms with E-state index in [1.165, 1.54) is 5.56 Å². The van der Waals surface area contributed by atoms with Crippen LogP contribution < -0.4 is 15.2 Å². The third-order valence-electron chi connectivity index (χ3n) is 6.10. The van der Waals surface area contributed by atoms with Crippen molar-refractivity contribution in [3.8, 4) is 11.5 Å². The highest BCUT2D eigenvalue weighted by atomic mass is 16.5. The van der Waals surface area contributed by atoms with E-state index in [0.717, 1.165) is 35.0 Å². The van der Waals surface area contributed by atoms with Crippen LogP contribution in [-0.2, 0) is 19.6 Å². The summed E-state index contributed by atoms with van der Waals surface area (Å²) in [5, 5.41) is 0. The molecule has 4 aromatic rings. The maximum absolute atomic E-state index is 13.3. The molecule has 2 heterocycles. The van der Waals surface area contributed by atoms with Gasteiger partial charge in [-0.3, -0.25) is 19.2 Å². The lowest BCUT2D eigenvalue weighted by molar-refractivity contribution is 0.189. The van der Waals surface area contributed by atoms with Crippen molar-refractivity contribution in [2.45, 2.75) is 33.5 Å². The monoisotopic (exact) mass is 452 g/mol. The van der Waals surface area contributed by atoms with Crippen molar-refractivity contribution in [2.75, 3.05) is 11.6 Å². The topological polar surface area (TPSA) is 50.6 Å². The van der Waals surface area contributed by atoms with Crippen LogP contribution in [0.3, 0.4) is 0 Å². The van der Waals surface area contributed by atoms with Gasteiger partial charge in [-0.15, -0.1) is 0 Å². The molecule has 1 aliphatic rings. The third-order valence-corrected chi connectivity index (χ3v) is 6.10. The van der Waals surface area contributed by atoms with Crippen LogP contribution in [0.1, 0.15) is 23.7 Å². The number of fused-ring (bicyclic) bond motifs is 1. The Morgan fingerprint density at radius 2 is 1.50 bits per heavy atom. The number of hydrogen-bond acceptors (Lipinski definition) is 5. The number of ether oxygens (including phenoxy) is 1. The normalized spacial score (nSPS) is 13.5. The Labute approximate surface area is 199 Å². The van der Waals surface area contributed by atoms with Crippen molar-refractivity contribution in [1.29, 1.82) is 0 Å². The molecule has 34 heavy (non-hydrogen) atoms. The zero-order valence-corrected chi connectivity index (χ0v) is 19.5. The summed E-state index contributed by atoms with van der Waals surface area (Å²) < 4.78 is 7.76. The minimum atomic E-state index is 0.0387. The molecule has 0 unspecified atom stereocenters. The van der Waals surface area contributed by atoms with Gasteiger partial charge in [-0.1, -0.05) is 55.5 Å². The lowest BCUT2D eigenvalue weighted by Gasteiger charge is -2.38. The largest absolute Gasteiger partial charge is 0.457 e. The van der Waals surface area contributed by atoms with E-state index < -0.39 is 0 Å². The molecule has 0 saturated heterocycles. The fourth-order valence-electron chi connectivity index (χ4n) is 4.39. The van der Waals surface area contributed by atoms with Gasteiger partial charge in [0.1, 0.15) is 11.5 Å². The van der Waals surface area contributed by atoms with Crippen LogP contribution in [0.25, 0.3) is 0 Å². The molecule has 0 N–H and O–H groups in total. The van der Waals surface area contributed by atoms with Crippen molar-refractivity contribution in [3.05, 3.63) is 112 Å². The van der Waals surface area contributed by atoms with Gasteiger partial charge in [-0.2, -0.15) is 0 Å². The molecule has 0 aliphatic carbocycles. The fourth-order valence-corrected chi connectivity index (χ4v) is 4.39. The Hall–Kier alpha value is -3.90. The SMILES string of the molecule is CCc1c(C)nc2n(c1=O)CN(Cc1ccccc1)CN2c1ccc(Oc2ccccc2)cc1. The maximum atomic E-state index is 13.3. The number of rotatable bonds is 6. The first-order valence-electron chi connectivity index (χ1n) is 11.6.